The molecule has 0 aliphatic carbocycles. The lowest BCUT2D eigenvalue weighted by Crippen LogP contribution is -2.46. The van der Waals surface area contributed by atoms with Gasteiger partial charge in [0.15, 0.2) is 0 Å². The van der Waals surface area contributed by atoms with Gasteiger partial charge in [-0.2, -0.15) is 9.78 Å². The van der Waals surface area contributed by atoms with Crippen LogP contribution in [0.1, 0.15) is 16.7 Å². The Morgan fingerprint density at radius 2 is 1.64 bits per heavy atom. The molecule has 1 aliphatic rings. The van der Waals surface area contributed by atoms with E-state index < -0.39 is 0 Å². The normalized spacial score (nSPS) is 13.9. The van der Waals surface area contributed by atoms with Crippen molar-refractivity contribution in [1.82, 2.24) is 14.7 Å². The number of nitrogens with zero attached hydrogens (tertiary/aromatic N) is 4. The first-order valence-electron chi connectivity index (χ1n) is 13.2. The fourth-order valence-corrected chi connectivity index (χ4v) is 4.82. The first-order chi connectivity index (χ1) is 19.0. The molecular formula is C31H33FN4O3. The Hall–Kier alpha value is -4.17. The van der Waals surface area contributed by atoms with Crippen molar-refractivity contribution in [2.75, 3.05) is 44.8 Å². The number of benzene rings is 3. The summed E-state index contributed by atoms with van der Waals surface area (Å²) in [6, 6.07) is 22.5. The summed E-state index contributed by atoms with van der Waals surface area (Å²) < 4.78 is 26.5. The monoisotopic (exact) mass is 528 g/mol. The number of methoxy groups -OCH3 is 1. The summed E-state index contributed by atoms with van der Waals surface area (Å²) in [6.45, 7) is 5.98. The van der Waals surface area contributed by atoms with Gasteiger partial charge in [0.1, 0.15) is 17.3 Å². The molecule has 1 aromatic heterocycles. The van der Waals surface area contributed by atoms with Crippen LogP contribution in [0.15, 0.2) is 83.8 Å². The Morgan fingerprint density at radius 3 is 2.33 bits per heavy atom. The highest BCUT2D eigenvalue weighted by molar-refractivity contribution is 5.57. The maximum Gasteiger partial charge on any atom is 0.316 e. The molecule has 0 radical (unpaired) electrons. The number of piperazine rings is 1. The van der Waals surface area contributed by atoms with Crippen LogP contribution < -0.4 is 19.9 Å². The average Bonchev–Trinajstić information content (AvgIpc) is 2.97. The smallest absolute Gasteiger partial charge is 0.316 e. The third-order valence-electron chi connectivity index (χ3n) is 7.05. The van der Waals surface area contributed by atoms with Gasteiger partial charge in [-0.1, -0.05) is 42.5 Å². The molecule has 8 heteroatoms. The Morgan fingerprint density at radius 1 is 0.923 bits per heavy atom. The zero-order valence-electron chi connectivity index (χ0n) is 22.3. The van der Waals surface area contributed by atoms with E-state index in [0.29, 0.717) is 35.7 Å². The van der Waals surface area contributed by atoms with Crippen molar-refractivity contribution in [3.63, 3.8) is 0 Å². The summed E-state index contributed by atoms with van der Waals surface area (Å²) in [6.07, 6.45) is 2.39. The Bertz CT molecular complexity index is 1450. The van der Waals surface area contributed by atoms with Crippen molar-refractivity contribution in [3.05, 3.63) is 112 Å². The fraction of sp³-hybridized carbons (Fsp3) is 0.290. The molecule has 0 unspecified atom stereocenters. The van der Waals surface area contributed by atoms with Crippen LogP contribution in [0, 0.1) is 12.7 Å². The molecule has 4 aromatic rings. The third kappa shape index (κ3) is 6.29. The quantitative estimate of drug-likeness (QED) is 0.316. The van der Waals surface area contributed by atoms with Gasteiger partial charge in [0.25, 0.3) is 0 Å². The summed E-state index contributed by atoms with van der Waals surface area (Å²) in [5.41, 5.74) is 3.97. The van der Waals surface area contributed by atoms with Crippen molar-refractivity contribution in [3.8, 4) is 17.2 Å². The first kappa shape index (κ1) is 26.4. The lowest BCUT2D eigenvalue weighted by Gasteiger charge is -2.36. The van der Waals surface area contributed by atoms with Crippen molar-refractivity contribution in [1.29, 1.82) is 0 Å². The predicted molar refractivity (Wildman–Crippen MR) is 151 cm³/mol. The van der Waals surface area contributed by atoms with E-state index in [9.17, 15) is 9.18 Å². The number of rotatable bonds is 9. The van der Waals surface area contributed by atoms with Gasteiger partial charge in [-0.15, -0.1) is 0 Å². The van der Waals surface area contributed by atoms with Gasteiger partial charge in [-0.25, -0.2) is 4.39 Å². The van der Waals surface area contributed by atoms with Gasteiger partial charge in [0.2, 0.25) is 5.75 Å². The van der Waals surface area contributed by atoms with Gasteiger partial charge in [0, 0.05) is 39.1 Å². The van der Waals surface area contributed by atoms with Crippen LogP contribution >= 0.6 is 0 Å². The maximum atomic E-state index is 13.7. The SMILES string of the molecule is COc1ccc(CCOc2c(N3CCN(Cc4ccc(F)c(C)c4)CC3)cnn(-c3ccccc3)c2=O)cc1. The van der Waals surface area contributed by atoms with E-state index in [4.69, 9.17) is 9.47 Å². The number of para-hydroxylation sites is 1. The molecule has 0 saturated carbocycles. The molecule has 202 valence electrons. The van der Waals surface area contributed by atoms with Gasteiger partial charge in [-0.3, -0.25) is 9.69 Å². The summed E-state index contributed by atoms with van der Waals surface area (Å²) in [5, 5.41) is 4.49. The number of ether oxygens (including phenoxy) is 2. The van der Waals surface area contributed by atoms with E-state index in [1.807, 2.05) is 66.7 Å². The highest BCUT2D eigenvalue weighted by Gasteiger charge is 2.24. The number of hydrogen-bond acceptors (Lipinski definition) is 6. The summed E-state index contributed by atoms with van der Waals surface area (Å²) >= 11 is 0. The minimum Gasteiger partial charge on any atom is -0.497 e. The third-order valence-corrected chi connectivity index (χ3v) is 7.05. The second kappa shape index (κ2) is 12.1. The van der Waals surface area contributed by atoms with Crippen molar-refractivity contribution >= 4 is 5.69 Å². The first-order valence-corrected chi connectivity index (χ1v) is 13.2. The van der Waals surface area contributed by atoms with E-state index in [1.165, 1.54) is 10.7 Å². The Balaban J connectivity index is 1.32. The largest absolute Gasteiger partial charge is 0.497 e. The maximum absolute atomic E-state index is 13.7. The van der Waals surface area contributed by atoms with E-state index in [0.717, 1.165) is 49.6 Å². The van der Waals surface area contributed by atoms with Crippen LogP contribution in [0.5, 0.6) is 11.5 Å². The number of aromatic nitrogens is 2. The van der Waals surface area contributed by atoms with Crippen molar-refractivity contribution in [2.24, 2.45) is 0 Å². The predicted octanol–water partition coefficient (Wildman–Crippen LogP) is 4.63. The van der Waals surface area contributed by atoms with Crippen LogP contribution in [0.25, 0.3) is 5.69 Å². The molecule has 39 heavy (non-hydrogen) atoms. The summed E-state index contributed by atoms with van der Waals surface area (Å²) in [7, 11) is 1.64. The van der Waals surface area contributed by atoms with Crippen LogP contribution in [0.2, 0.25) is 0 Å². The van der Waals surface area contributed by atoms with Gasteiger partial charge in [-0.05, 0) is 53.9 Å². The Labute approximate surface area is 228 Å². The molecule has 0 N–H and O–H groups in total. The van der Waals surface area contributed by atoms with Gasteiger partial charge in [0.05, 0.1) is 25.6 Å². The molecule has 1 saturated heterocycles. The van der Waals surface area contributed by atoms with Gasteiger partial charge >= 0.3 is 5.56 Å². The minimum absolute atomic E-state index is 0.180. The van der Waals surface area contributed by atoms with E-state index in [2.05, 4.69) is 14.9 Å². The lowest BCUT2D eigenvalue weighted by atomic mass is 10.1. The van der Waals surface area contributed by atoms with E-state index in [-0.39, 0.29) is 11.4 Å². The fourth-order valence-electron chi connectivity index (χ4n) is 4.82. The molecule has 0 atom stereocenters. The topological polar surface area (TPSA) is 59.8 Å². The Kier molecular flexibility index (Phi) is 8.22. The molecule has 2 heterocycles. The standard InChI is InChI=1S/C31H33FN4O3/c1-23-20-25(10-13-28(23)32)22-34-15-17-35(18-16-34)29-21-33-36(26-6-4-3-5-7-26)31(37)30(29)39-19-14-24-8-11-27(38-2)12-9-24/h3-13,20-21H,14-19,22H2,1-2H3. The van der Waals surface area contributed by atoms with Crippen LogP contribution in [-0.2, 0) is 13.0 Å². The number of hydrogen-bond donors (Lipinski definition) is 0. The number of halogens is 1. The highest BCUT2D eigenvalue weighted by atomic mass is 19.1. The number of aryl methyl sites for hydroxylation is 1. The molecule has 3 aromatic carbocycles. The van der Waals surface area contributed by atoms with Crippen molar-refractivity contribution in [2.45, 2.75) is 19.9 Å². The van der Waals surface area contributed by atoms with Crippen LogP contribution in [0.3, 0.4) is 0 Å². The highest BCUT2D eigenvalue weighted by Crippen LogP contribution is 2.26. The molecule has 5 rings (SSSR count). The summed E-state index contributed by atoms with van der Waals surface area (Å²) in [5.74, 6) is 0.932. The van der Waals surface area contributed by atoms with E-state index >= 15 is 0 Å². The molecule has 7 nitrogen and oxygen atoms in total. The zero-order chi connectivity index (χ0) is 27.2. The molecule has 1 fully saturated rings. The minimum atomic E-state index is -0.280. The van der Waals surface area contributed by atoms with Crippen molar-refractivity contribution < 1.29 is 13.9 Å². The molecule has 0 spiro atoms. The summed E-state index contributed by atoms with van der Waals surface area (Å²) in [4.78, 5) is 18.1. The van der Waals surface area contributed by atoms with E-state index in [1.54, 1.807) is 20.2 Å². The number of anilines is 1. The average molecular weight is 529 g/mol. The molecular weight excluding hydrogens is 495 g/mol. The zero-order valence-corrected chi connectivity index (χ0v) is 22.3. The molecule has 1 aliphatic heterocycles. The van der Waals surface area contributed by atoms with Crippen LogP contribution in [-0.4, -0.2) is 54.6 Å². The second-order valence-corrected chi connectivity index (χ2v) is 9.70. The second-order valence-electron chi connectivity index (χ2n) is 9.70. The van der Waals surface area contributed by atoms with Gasteiger partial charge < -0.3 is 14.4 Å². The molecule has 0 bridgehead atoms. The molecule has 0 amide bonds. The lowest BCUT2D eigenvalue weighted by molar-refractivity contribution is 0.247. The van der Waals surface area contributed by atoms with Crippen LogP contribution in [0.4, 0.5) is 10.1 Å².